The van der Waals surface area contributed by atoms with Crippen LogP contribution < -0.4 is 5.32 Å². The number of amides is 3. The molecule has 3 aromatic rings. The van der Waals surface area contributed by atoms with Gasteiger partial charge in [0, 0.05) is 18.4 Å². The molecule has 1 saturated heterocycles. The van der Waals surface area contributed by atoms with Crippen molar-refractivity contribution in [3.8, 4) is 0 Å². The lowest BCUT2D eigenvalue weighted by Crippen LogP contribution is -2.28. The van der Waals surface area contributed by atoms with E-state index in [0.717, 1.165) is 20.8 Å². The van der Waals surface area contributed by atoms with Gasteiger partial charge in [-0.25, -0.2) is 4.98 Å². The predicted molar refractivity (Wildman–Crippen MR) is 102 cm³/mol. The van der Waals surface area contributed by atoms with Crippen molar-refractivity contribution in [2.24, 2.45) is 0 Å². The van der Waals surface area contributed by atoms with Gasteiger partial charge in [0.05, 0.1) is 23.3 Å². The van der Waals surface area contributed by atoms with Gasteiger partial charge in [0.15, 0.2) is 0 Å². The summed E-state index contributed by atoms with van der Waals surface area (Å²) >= 11 is 1.56. The number of carbonyl (C=O) groups is 3. The molecule has 1 N–H and O–H groups in total. The monoisotopic (exact) mass is 379 g/mol. The number of likely N-dealkylation sites (tertiary alicyclic amines) is 1. The van der Waals surface area contributed by atoms with Gasteiger partial charge in [0.2, 0.25) is 11.8 Å². The van der Waals surface area contributed by atoms with E-state index in [0.29, 0.717) is 12.1 Å². The van der Waals surface area contributed by atoms with Crippen molar-refractivity contribution >= 4 is 39.3 Å². The Kier molecular flexibility index (Phi) is 4.68. The summed E-state index contributed by atoms with van der Waals surface area (Å²) in [6, 6.07) is 14.8. The van der Waals surface area contributed by atoms with E-state index >= 15 is 0 Å². The molecular weight excluding hydrogens is 362 g/mol. The Bertz CT molecular complexity index is 977. The first-order chi connectivity index (χ1) is 13.1. The van der Waals surface area contributed by atoms with Crippen LogP contribution in [0, 0.1) is 0 Å². The molecule has 0 aliphatic carbocycles. The summed E-state index contributed by atoms with van der Waals surface area (Å²) in [6.45, 7) is 0.627. The highest BCUT2D eigenvalue weighted by atomic mass is 32.1. The molecule has 0 spiro atoms. The lowest BCUT2D eigenvalue weighted by atomic mass is 10.1. The van der Waals surface area contributed by atoms with E-state index in [1.165, 1.54) is 4.90 Å². The first kappa shape index (κ1) is 17.4. The maximum absolute atomic E-state index is 12.3. The summed E-state index contributed by atoms with van der Waals surface area (Å²) in [7, 11) is 0. The smallest absolute Gasteiger partial charge is 0.251 e. The van der Waals surface area contributed by atoms with E-state index < -0.39 is 0 Å². The number of thiazole rings is 1. The lowest BCUT2D eigenvalue weighted by Gasteiger charge is -2.13. The second-order valence-electron chi connectivity index (χ2n) is 6.33. The van der Waals surface area contributed by atoms with Crippen LogP contribution in [0.3, 0.4) is 0 Å². The van der Waals surface area contributed by atoms with E-state index in [9.17, 15) is 14.4 Å². The third-order valence-electron chi connectivity index (χ3n) is 4.45. The molecule has 136 valence electrons. The standard InChI is InChI=1S/C20H17N3O3S/c24-18-9-10-19(25)23(18)12-13-5-7-14(8-6-13)20(26)21-11-17-22-15-3-1-2-4-16(15)27-17/h1-8H,9-12H2,(H,21,26). The summed E-state index contributed by atoms with van der Waals surface area (Å²) in [6.07, 6.45) is 0.566. The van der Waals surface area contributed by atoms with Crippen molar-refractivity contribution in [3.05, 3.63) is 64.7 Å². The van der Waals surface area contributed by atoms with Crippen LogP contribution in [0.5, 0.6) is 0 Å². The van der Waals surface area contributed by atoms with Crippen LogP contribution >= 0.6 is 11.3 Å². The maximum atomic E-state index is 12.3. The predicted octanol–water partition coefficient (Wildman–Crippen LogP) is 2.88. The number of nitrogens with one attached hydrogen (secondary N) is 1. The van der Waals surface area contributed by atoms with Crippen LogP contribution in [0.25, 0.3) is 10.2 Å². The molecule has 1 aliphatic heterocycles. The fourth-order valence-electron chi connectivity index (χ4n) is 3.00. The Balaban J connectivity index is 1.37. The van der Waals surface area contributed by atoms with Gasteiger partial charge >= 0.3 is 0 Å². The molecule has 3 amide bonds. The Hall–Kier alpha value is -3.06. The summed E-state index contributed by atoms with van der Waals surface area (Å²) < 4.78 is 1.09. The van der Waals surface area contributed by atoms with Gasteiger partial charge in [-0.3, -0.25) is 19.3 Å². The van der Waals surface area contributed by atoms with Gasteiger partial charge in [0.25, 0.3) is 5.91 Å². The summed E-state index contributed by atoms with van der Waals surface area (Å²) in [4.78, 5) is 41.5. The summed E-state index contributed by atoms with van der Waals surface area (Å²) in [5.74, 6) is -0.468. The van der Waals surface area contributed by atoms with E-state index in [1.54, 1.807) is 35.6 Å². The highest BCUT2D eigenvalue weighted by molar-refractivity contribution is 7.18. The minimum Gasteiger partial charge on any atom is -0.346 e. The number of hydrogen-bond donors (Lipinski definition) is 1. The number of nitrogens with zero attached hydrogens (tertiary/aromatic N) is 2. The molecule has 7 heteroatoms. The van der Waals surface area contributed by atoms with Crippen molar-refractivity contribution in [3.63, 3.8) is 0 Å². The number of aromatic nitrogens is 1. The second-order valence-corrected chi connectivity index (χ2v) is 7.44. The van der Waals surface area contributed by atoms with Crippen LogP contribution in [0.15, 0.2) is 48.5 Å². The SMILES string of the molecule is O=C(NCc1nc2ccccc2s1)c1ccc(CN2C(=O)CCC2=O)cc1. The largest absolute Gasteiger partial charge is 0.346 e. The van der Waals surface area contributed by atoms with Crippen molar-refractivity contribution in [1.29, 1.82) is 0 Å². The molecular formula is C20H17N3O3S. The Morgan fingerprint density at radius 2 is 1.74 bits per heavy atom. The zero-order chi connectivity index (χ0) is 18.8. The Morgan fingerprint density at radius 3 is 2.44 bits per heavy atom. The number of para-hydroxylation sites is 1. The molecule has 27 heavy (non-hydrogen) atoms. The van der Waals surface area contributed by atoms with E-state index in [2.05, 4.69) is 10.3 Å². The molecule has 1 aromatic heterocycles. The van der Waals surface area contributed by atoms with Gasteiger partial charge in [-0.1, -0.05) is 24.3 Å². The molecule has 6 nitrogen and oxygen atoms in total. The van der Waals surface area contributed by atoms with Crippen LogP contribution in [0.2, 0.25) is 0 Å². The fraction of sp³-hybridized carbons (Fsp3) is 0.200. The van der Waals surface area contributed by atoms with Crippen molar-refractivity contribution in [2.45, 2.75) is 25.9 Å². The second kappa shape index (κ2) is 7.28. The molecule has 0 atom stereocenters. The molecule has 0 unspecified atom stereocenters. The highest BCUT2D eigenvalue weighted by Gasteiger charge is 2.28. The highest BCUT2D eigenvalue weighted by Crippen LogP contribution is 2.21. The zero-order valence-corrected chi connectivity index (χ0v) is 15.3. The number of carbonyl (C=O) groups excluding carboxylic acids is 3. The average molecular weight is 379 g/mol. The summed E-state index contributed by atoms with van der Waals surface area (Å²) in [5.41, 5.74) is 2.28. The molecule has 0 radical (unpaired) electrons. The van der Waals surface area contributed by atoms with Crippen molar-refractivity contribution in [1.82, 2.24) is 15.2 Å². The number of benzene rings is 2. The number of fused-ring (bicyclic) bond motifs is 1. The quantitative estimate of drug-likeness (QED) is 0.692. The average Bonchev–Trinajstić information content (AvgIpc) is 3.24. The Morgan fingerprint density at radius 1 is 1.04 bits per heavy atom. The maximum Gasteiger partial charge on any atom is 0.251 e. The molecule has 0 bridgehead atoms. The number of imide groups is 1. The van der Waals surface area contributed by atoms with Gasteiger partial charge in [-0.2, -0.15) is 0 Å². The third kappa shape index (κ3) is 3.73. The third-order valence-corrected chi connectivity index (χ3v) is 5.49. The molecule has 0 saturated carbocycles. The van der Waals surface area contributed by atoms with E-state index in [1.807, 2.05) is 24.3 Å². The number of hydrogen-bond acceptors (Lipinski definition) is 5. The fourth-order valence-corrected chi connectivity index (χ4v) is 3.90. The Labute approximate surface area is 159 Å². The van der Waals surface area contributed by atoms with Gasteiger partial charge in [0.1, 0.15) is 5.01 Å². The first-order valence-electron chi connectivity index (χ1n) is 8.65. The van der Waals surface area contributed by atoms with Gasteiger partial charge in [-0.15, -0.1) is 11.3 Å². The topological polar surface area (TPSA) is 79.4 Å². The molecule has 2 heterocycles. The van der Waals surface area contributed by atoms with E-state index in [4.69, 9.17) is 0 Å². The minimum absolute atomic E-state index is 0.141. The molecule has 1 aliphatic rings. The first-order valence-corrected chi connectivity index (χ1v) is 9.46. The normalized spacial score (nSPS) is 14.1. The van der Waals surface area contributed by atoms with Crippen molar-refractivity contribution in [2.75, 3.05) is 0 Å². The van der Waals surface area contributed by atoms with Gasteiger partial charge in [-0.05, 0) is 29.8 Å². The molecule has 1 fully saturated rings. The van der Waals surface area contributed by atoms with Crippen LogP contribution in [0.1, 0.15) is 33.8 Å². The lowest BCUT2D eigenvalue weighted by molar-refractivity contribution is -0.139. The summed E-state index contributed by atoms with van der Waals surface area (Å²) in [5, 5.41) is 3.73. The molecule has 4 rings (SSSR count). The zero-order valence-electron chi connectivity index (χ0n) is 14.5. The minimum atomic E-state index is -0.186. The van der Waals surface area contributed by atoms with Crippen LogP contribution in [-0.2, 0) is 22.7 Å². The van der Waals surface area contributed by atoms with E-state index in [-0.39, 0.29) is 37.1 Å². The van der Waals surface area contributed by atoms with Crippen LogP contribution in [0.4, 0.5) is 0 Å². The van der Waals surface area contributed by atoms with Crippen LogP contribution in [-0.4, -0.2) is 27.6 Å². The molecule has 2 aromatic carbocycles. The van der Waals surface area contributed by atoms with Gasteiger partial charge < -0.3 is 5.32 Å². The number of rotatable bonds is 5. The van der Waals surface area contributed by atoms with Crippen molar-refractivity contribution < 1.29 is 14.4 Å².